The van der Waals surface area contributed by atoms with Gasteiger partial charge in [0, 0.05) is 5.41 Å². The van der Waals surface area contributed by atoms with Crippen molar-refractivity contribution in [2.75, 3.05) is 0 Å². The number of hydrogen-bond donors (Lipinski definition) is 0. The van der Waals surface area contributed by atoms with E-state index in [1.165, 1.54) is 43.5 Å². The zero-order valence-corrected chi connectivity index (χ0v) is 14.8. The molecule has 4 aliphatic carbocycles. The van der Waals surface area contributed by atoms with Crippen molar-refractivity contribution in [2.24, 2.45) is 23.2 Å². The average molecular weight is 382 g/mol. The molecule has 146 valence electrons. The van der Waals surface area contributed by atoms with Crippen LogP contribution in [-0.2, 0) is 4.79 Å². The Balaban J connectivity index is 1.47. The molecule has 4 fully saturated rings. The molecule has 0 aliphatic heterocycles. The maximum absolute atomic E-state index is 13.1. The molecule has 2 nitrogen and oxygen atoms in total. The highest BCUT2D eigenvalue weighted by molar-refractivity contribution is 5.98. The minimum Gasteiger partial charge on any atom is -0.428 e. The number of ether oxygens (including phenoxy) is 1. The van der Waals surface area contributed by atoms with Gasteiger partial charge >= 0.3 is 12.5 Å². The molecule has 27 heavy (non-hydrogen) atoms. The molecule has 4 bridgehead atoms. The predicted octanol–water partition coefficient (Wildman–Crippen LogP) is 5.72. The van der Waals surface area contributed by atoms with Crippen molar-refractivity contribution < 1.29 is 27.1 Å². The molecule has 6 heteroatoms. The number of carbonyl (C=O) groups is 1. The van der Waals surface area contributed by atoms with Crippen molar-refractivity contribution in [3.8, 4) is 5.75 Å². The van der Waals surface area contributed by atoms with Crippen LogP contribution >= 0.6 is 0 Å². The maximum atomic E-state index is 13.1. The third kappa shape index (κ3) is 3.63. The van der Waals surface area contributed by atoms with E-state index < -0.39 is 12.5 Å². The molecule has 0 heterocycles. The number of alkyl halides is 4. The molecule has 0 atom stereocenters. The Morgan fingerprint density at radius 2 is 1.70 bits per heavy atom. The lowest BCUT2D eigenvalue weighted by molar-refractivity contribution is -0.253. The highest BCUT2D eigenvalue weighted by Crippen LogP contribution is 2.60. The van der Waals surface area contributed by atoms with Crippen LogP contribution in [0.3, 0.4) is 0 Å². The minimum absolute atomic E-state index is 0.103. The second-order valence-corrected chi connectivity index (χ2v) is 8.43. The third-order valence-corrected chi connectivity index (χ3v) is 6.35. The van der Waals surface area contributed by atoms with E-state index in [2.05, 4.69) is 4.74 Å². The van der Waals surface area contributed by atoms with Crippen LogP contribution in [0.25, 0.3) is 6.08 Å². The summed E-state index contributed by atoms with van der Waals surface area (Å²) in [6.45, 7) is 0. The standard InChI is InChI=1S/C21H22F4O2/c22-19(23)21(24,25)27-17-3-1-2-13(9-17)4-5-18(26)20-10-14-6-15(11-20)8-16(7-14)12-20/h1-5,9,14-16,19H,6-8,10-12H2/b5-4+. The van der Waals surface area contributed by atoms with Gasteiger partial charge in [-0.15, -0.1) is 0 Å². The van der Waals surface area contributed by atoms with Crippen LogP contribution in [0.5, 0.6) is 5.75 Å². The lowest BCUT2D eigenvalue weighted by Crippen LogP contribution is -2.49. The van der Waals surface area contributed by atoms with E-state index in [1.807, 2.05) is 0 Å². The van der Waals surface area contributed by atoms with Crippen molar-refractivity contribution in [3.05, 3.63) is 35.9 Å². The molecule has 4 saturated carbocycles. The van der Waals surface area contributed by atoms with E-state index in [0.29, 0.717) is 23.3 Å². The molecule has 5 rings (SSSR count). The molecule has 0 saturated heterocycles. The summed E-state index contributed by atoms with van der Waals surface area (Å²) in [5, 5.41) is 0. The highest BCUT2D eigenvalue weighted by Gasteiger charge is 2.53. The summed E-state index contributed by atoms with van der Waals surface area (Å²) >= 11 is 0. The van der Waals surface area contributed by atoms with Crippen molar-refractivity contribution in [1.82, 2.24) is 0 Å². The van der Waals surface area contributed by atoms with Gasteiger partial charge in [-0.25, -0.2) is 0 Å². The van der Waals surface area contributed by atoms with E-state index in [-0.39, 0.29) is 16.9 Å². The zero-order valence-electron chi connectivity index (χ0n) is 14.8. The van der Waals surface area contributed by atoms with Crippen LogP contribution in [-0.4, -0.2) is 18.3 Å². The van der Waals surface area contributed by atoms with Gasteiger partial charge in [-0.1, -0.05) is 18.2 Å². The number of benzene rings is 1. The van der Waals surface area contributed by atoms with E-state index in [0.717, 1.165) is 19.3 Å². The van der Waals surface area contributed by atoms with Crippen LogP contribution in [0.2, 0.25) is 0 Å². The maximum Gasteiger partial charge on any atom is 0.461 e. The number of ketones is 1. The molecule has 1 aromatic rings. The fraction of sp³-hybridized carbons (Fsp3) is 0.571. The number of carbonyl (C=O) groups excluding carboxylic acids is 1. The highest BCUT2D eigenvalue weighted by atomic mass is 19.3. The summed E-state index contributed by atoms with van der Waals surface area (Å²) in [6, 6.07) is 5.48. The van der Waals surface area contributed by atoms with Gasteiger partial charge in [0.2, 0.25) is 0 Å². The Hall–Kier alpha value is -1.85. The van der Waals surface area contributed by atoms with Crippen LogP contribution < -0.4 is 4.74 Å². The third-order valence-electron chi connectivity index (χ3n) is 6.35. The molecule has 0 amide bonds. The molecule has 0 unspecified atom stereocenters. The molecule has 4 aliphatic rings. The lowest BCUT2D eigenvalue weighted by Gasteiger charge is -2.55. The SMILES string of the molecule is O=C(/C=C/c1cccc(OC(F)(F)C(F)F)c1)C12CC3CC(CC(C3)C1)C2. The lowest BCUT2D eigenvalue weighted by atomic mass is 9.48. The normalized spacial score (nSPS) is 32.4. The molecule has 0 N–H and O–H groups in total. The Morgan fingerprint density at radius 3 is 2.26 bits per heavy atom. The first kappa shape index (κ1) is 18.5. The average Bonchev–Trinajstić information content (AvgIpc) is 2.58. The monoisotopic (exact) mass is 382 g/mol. The largest absolute Gasteiger partial charge is 0.461 e. The minimum atomic E-state index is -4.54. The van der Waals surface area contributed by atoms with Crippen LogP contribution in [0, 0.1) is 23.2 Å². The molecule has 0 spiro atoms. The number of allylic oxidation sites excluding steroid dienone is 1. The second-order valence-electron chi connectivity index (χ2n) is 8.43. The number of halogens is 4. The first-order chi connectivity index (χ1) is 12.8. The van der Waals surface area contributed by atoms with Gasteiger partial charge in [-0.2, -0.15) is 17.6 Å². The van der Waals surface area contributed by atoms with Crippen LogP contribution in [0.4, 0.5) is 17.6 Å². The zero-order chi connectivity index (χ0) is 19.2. The Bertz CT molecular complexity index is 721. The van der Waals surface area contributed by atoms with E-state index in [4.69, 9.17) is 0 Å². The summed E-state index contributed by atoms with van der Waals surface area (Å²) in [5.41, 5.74) is 0.206. The molecule has 1 aromatic carbocycles. The van der Waals surface area contributed by atoms with Crippen molar-refractivity contribution in [1.29, 1.82) is 0 Å². The van der Waals surface area contributed by atoms with Gasteiger partial charge < -0.3 is 4.74 Å². The van der Waals surface area contributed by atoms with E-state index >= 15 is 0 Å². The Morgan fingerprint density at radius 1 is 1.11 bits per heavy atom. The molecule has 0 aromatic heterocycles. The first-order valence-electron chi connectivity index (χ1n) is 9.43. The Kier molecular flexibility index (Phi) is 4.55. The van der Waals surface area contributed by atoms with Crippen LogP contribution in [0.15, 0.2) is 30.3 Å². The number of hydrogen-bond acceptors (Lipinski definition) is 2. The quantitative estimate of drug-likeness (QED) is 0.464. The molecular formula is C21H22F4O2. The van der Waals surface area contributed by atoms with Gasteiger partial charge in [0.1, 0.15) is 5.75 Å². The molecule has 0 radical (unpaired) electrons. The fourth-order valence-corrected chi connectivity index (χ4v) is 5.64. The van der Waals surface area contributed by atoms with Gasteiger partial charge in [-0.3, -0.25) is 4.79 Å². The van der Waals surface area contributed by atoms with Crippen molar-refractivity contribution >= 4 is 11.9 Å². The number of rotatable bonds is 6. The summed E-state index contributed by atoms with van der Waals surface area (Å²) in [4.78, 5) is 12.9. The van der Waals surface area contributed by atoms with Crippen LogP contribution in [0.1, 0.15) is 44.1 Å². The van der Waals surface area contributed by atoms with Gasteiger partial charge in [0.05, 0.1) is 0 Å². The Labute approximate surface area is 155 Å². The van der Waals surface area contributed by atoms with Gasteiger partial charge in [0.25, 0.3) is 0 Å². The smallest absolute Gasteiger partial charge is 0.428 e. The van der Waals surface area contributed by atoms with Gasteiger partial charge in [-0.05, 0) is 80.1 Å². The topological polar surface area (TPSA) is 26.3 Å². The van der Waals surface area contributed by atoms with Crippen molar-refractivity contribution in [2.45, 2.75) is 51.1 Å². The van der Waals surface area contributed by atoms with E-state index in [1.54, 1.807) is 12.1 Å². The summed E-state index contributed by atoms with van der Waals surface area (Å²) in [7, 11) is 0. The second kappa shape index (κ2) is 6.64. The summed E-state index contributed by atoms with van der Waals surface area (Å²) in [5.74, 6) is 1.71. The first-order valence-corrected chi connectivity index (χ1v) is 9.43. The fourth-order valence-electron chi connectivity index (χ4n) is 5.64. The van der Waals surface area contributed by atoms with E-state index in [9.17, 15) is 22.4 Å². The predicted molar refractivity (Wildman–Crippen MR) is 92.7 cm³/mol. The summed E-state index contributed by atoms with van der Waals surface area (Å²) in [6.07, 6.45) is 1.22. The van der Waals surface area contributed by atoms with Crippen molar-refractivity contribution in [3.63, 3.8) is 0 Å². The summed E-state index contributed by atoms with van der Waals surface area (Å²) < 4.78 is 54.8. The van der Waals surface area contributed by atoms with Gasteiger partial charge in [0.15, 0.2) is 5.78 Å². The molecular weight excluding hydrogens is 360 g/mol.